The van der Waals surface area contributed by atoms with Crippen molar-refractivity contribution in [1.82, 2.24) is 0 Å². The molecule has 3 heteroatoms. The molecule has 0 aromatic heterocycles. The number of phenolic OH excluding ortho intramolecular Hbond substituents is 2. The number of para-hydroxylation sites is 2. The van der Waals surface area contributed by atoms with Crippen LogP contribution in [-0.4, -0.2) is 20.1 Å². The average Bonchev–Trinajstić information content (AvgIpc) is 2.34. The molecule has 0 saturated heterocycles. The fourth-order valence-electron chi connectivity index (χ4n) is 1.33. The first-order chi connectivity index (χ1) is 8.27. The normalized spacial score (nSPS) is 9.65. The van der Waals surface area contributed by atoms with Gasteiger partial charge in [-0.2, -0.15) is 0 Å². The van der Waals surface area contributed by atoms with Crippen LogP contribution >= 0.6 is 0 Å². The van der Waals surface area contributed by atoms with Crippen LogP contribution < -0.4 is 0 Å². The molecule has 0 heterocycles. The molecule has 2 aromatic rings. The Balaban J connectivity index is 2.28. The van der Waals surface area contributed by atoms with Crippen molar-refractivity contribution in [3.8, 4) is 11.5 Å². The van der Waals surface area contributed by atoms with Crippen molar-refractivity contribution in [2.24, 2.45) is 0 Å². The van der Waals surface area contributed by atoms with Crippen molar-refractivity contribution in [1.29, 1.82) is 0 Å². The maximum absolute atomic E-state index is 9.57. The SMILES string of the molecule is Oc1ccccc1[CH]=[Mn]=[CH]c1ccccc1O. The number of hydrogen-bond donors (Lipinski definition) is 2. The van der Waals surface area contributed by atoms with Gasteiger partial charge in [-0.1, -0.05) is 0 Å². The zero-order valence-electron chi connectivity index (χ0n) is 9.05. The first-order valence-corrected chi connectivity index (χ1v) is 6.48. The fourth-order valence-corrected chi connectivity index (χ4v) is 2.43. The number of hydrogen-bond acceptors (Lipinski definition) is 2. The van der Waals surface area contributed by atoms with Crippen molar-refractivity contribution >= 4 is 9.84 Å². The molecular formula is C14H12MnO2. The van der Waals surface area contributed by atoms with Crippen LogP contribution in [0.2, 0.25) is 0 Å². The van der Waals surface area contributed by atoms with Gasteiger partial charge in [0.25, 0.3) is 0 Å². The minimum atomic E-state index is 0.284. The van der Waals surface area contributed by atoms with Crippen LogP contribution in [-0.2, 0) is 14.1 Å². The maximum atomic E-state index is 9.57. The van der Waals surface area contributed by atoms with E-state index in [0.717, 1.165) is 11.1 Å². The molecule has 0 aliphatic rings. The van der Waals surface area contributed by atoms with Gasteiger partial charge in [0.2, 0.25) is 0 Å². The zero-order valence-corrected chi connectivity index (χ0v) is 10.2. The number of aromatic hydroxyl groups is 2. The summed E-state index contributed by atoms with van der Waals surface area (Å²) in [5.74, 6) is 0.568. The molecule has 0 saturated carbocycles. The van der Waals surface area contributed by atoms with Crippen molar-refractivity contribution in [3.05, 3.63) is 59.7 Å². The van der Waals surface area contributed by atoms with Crippen LogP contribution in [0, 0.1) is 0 Å². The van der Waals surface area contributed by atoms with Gasteiger partial charge in [0.15, 0.2) is 0 Å². The molecule has 87 valence electrons. The Kier molecular flexibility index (Phi) is 3.86. The van der Waals surface area contributed by atoms with Crippen LogP contribution in [0.4, 0.5) is 0 Å². The summed E-state index contributed by atoms with van der Waals surface area (Å²) in [6, 6.07) is 14.4. The second-order valence-corrected chi connectivity index (χ2v) is 4.54. The van der Waals surface area contributed by atoms with Crippen molar-refractivity contribution in [2.45, 2.75) is 0 Å². The minimum absolute atomic E-state index is 0.284. The molecule has 0 atom stereocenters. The van der Waals surface area contributed by atoms with E-state index in [4.69, 9.17) is 0 Å². The van der Waals surface area contributed by atoms with Gasteiger partial charge in [-0.3, -0.25) is 0 Å². The van der Waals surface area contributed by atoms with E-state index in [1.54, 1.807) is 24.3 Å². The van der Waals surface area contributed by atoms with Crippen LogP contribution in [0.3, 0.4) is 0 Å². The third-order valence-electron chi connectivity index (χ3n) is 2.23. The first-order valence-electron chi connectivity index (χ1n) is 5.12. The topological polar surface area (TPSA) is 40.5 Å². The van der Waals surface area contributed by atoms with Crippen LogP contribution in [0.1, 0.15) is 11.1 Å². The molecule has 2 N–H and O–H groups in total. The molecule has 0 bridgehead atoms. The fraction of sp³-hybridized carbons (Fsp3) is 0. The molecule has 0 fully saturated rings. The summed E-state index contributed by atoms with van der Waals surface area (Å²) in [6.45, 7) is 0. The molecule has 17 heavy (non-hydrogen) atoms. The van der Waals surface area contributed by atoms with E-state index in [2.05, 4.69) is 0 Å². The number of benzene rings is 2. The summed E-state index contributed by atoms with van der Waals surface area (Å²) in [5, 5.41) is 19.1. The predicted molar refractivity (Wildman–Crippen MR) is 66.5 cm³/mol. The van der Waals surface area contributed by atoms with E-state index in [-0.39, 0.29) is 11.5 Å². The van der Waals surface area contributed by atoms with Crippen molar-refractivity contribution in [2.75, 3.05) is 0 Å². The molecular weight excluding hydrogens is 255 g/mol. The van der Waals surface area contributed by atoms with E-state index in [1.807, 2.05) is 34.1 Å². The Labute approximate surface area is 105 Å². The van der Waals surface area contributed by atoms with E-state index >= 15 is 0 Å². The summed E-state index contributed by atoms with van der Waals surface area (Å²) >= 11 is 0.378. The Morgan fingerprint density at radius 2 is 1.12 bits per heavy atom. The molecule has 0 unspecified atom stereocenters. The first kappa shape index (κ1) is 11.8. The van der Waals surface area contributed by atoms with Gasteiger partial charge in [0.1, 0.15) is 0 Å². The zero-order chi connectivity index (χ0) is 12.1. The van der Waals surface area contributed by atoms with E-state index in [9.17, 15) is 10.2 Å². The van der Waals surface area contributed by atoms with Crippen LogP contribution in [0.5, 0.6) is 11.5 Å². The Morgan fingerprint density at radius 1 is 0.706 bits per heavy atom. The molecule has 2 aromatic carbocycles. The average molecular weight is 267 g/mol. The molecule has 0 amide bonds. The van der Waals surface area contributed by atoms with Gasteiger partial charge in [0, 0.05) is 0 Å². The van der Waals surface area contributed by atoms with Crippen LogP contribution in [0.25, 0.3) is 0 Å². The standard InChI is InChI=1S/2C7H6O.Mn/c2*1-6-4-2-3-5-7(6)8;/h2*1-5,8H;. The molecule has 0 aliphatic carbocycles. The van der Waals surface area contributed by atoms with E-state index in [1.165, 1.54) is 0 Å². The summed E-state index contributed by atoms with van der Waals surface area (Å²) in [4.78, 5) is 3.90. The summed E-state index contributed by atoms with van der Waals surface area (Å²) < 4.78 is 0. The molecule has 0 radical (unpaired) electrons. The van der Waals surface area contributed by atoms with Gasteiger partial charge < -0.3 is 0 Å². The Hall–Kier alpha value is -1.70. The molecule has 2 nitrogen and oxygen atoms in total. The van der Waals surface area contributed by atoms with Crippen molar-refractivity contribution < 1.29 is 24.3 Å². The Morgan fingerprint density at radius 3 is 1.53 bits per heavy atom. The van der Waals surface area contributed by atoms with Gasteiger partial charge >= 0.3 is 105 Å². The van der Waals surface area contributed by atoms with E-state index in [0.29, 0.717) is 14.1 Å². The van der Waals surface area contributed by atoms with Gasteiger partial charge in [-0.25, -0.2) is 0 Å². The second kappa shape index (κ2) is 5.58. The van der Waals surface area contributed by atoms with Crippen molar-refractivity contribution in [3.63, 3.8) is 0 Å². The quantitative estimate of drug-likeness (QED) is 0.819. The van der Waals surface area contributed by atoms with E-state index < -0.39 is 0 Å². The molecule has 2 rings (SSSR count). The third-order valence-corrected chi connectivity index (χ3v) is 3.36. The van der Waals surface area contributed by atoms with Gasteiger partial charge in [-0.15, -0.1) is 0 Å². The Bertz CT molecular complexity index is 535. The number of phenols is 2. The van der Waals surface area contributed by atoms with Crippen LogP contribution in [0.15, 0.2) is 48.5 Å². The second-order valence-electron chi connectivity index (χ2n) is 3.46. The van der Waals surface area contributed by atoms with Gasteiger partial charge in [0.05, 0.1) is 0 Å². The summed E-state index contributed by atoms with van der Waals surface area (Å²) in [7, 11) is 0. The molecule has 0 spiro atoms. The number of rotatable bonds is 2. The summed E-state index contributed by atoms with van der Waals surface area (Å²) in [6.07, 6.45) is 0. The third kappa shape index (κ3) is 3.13. The monoisotopic (exact) mass is 267 g/mol. The predicted octanol–water partition coefficient (Wildman–Crippen LogP) is 2.18. The molecule has 0 aliphatic heterocycles. The van der Waals surface area contributed by atoms with Gasteiger partial charge in [-0.05, 0) is 0 Å². The summed E-state index contributed by atoms with van der Waals surface area (Å²) in [5.41, 5.74) is 1.64.